The predicted octanol–water partition coefficient (Wildman–Crippen LogP) is 2.00. The van der Waals surface area contributed by atoms with Gasteiger partial charge in [-0.2, -0.15) is 0 Å². The first-order valence-electron chi connectivity index (χ1n) is 5.01. The van der Waals surface area contributed by atoms with Crippen LogP contribution in [0.1, 0.15) is 19.5 Å². The van der Waals surface area contributed by atoms with Gasteiger partial charge in [-0.25, -0.2) is 4.98 Å². The summed E-state index contributed by atoms with van der Waals surface area (Å²) in [4.78, 5) is 15.4. The summed E-state index contributed by atoms with van der Waals surface area (Å²) < 4.78 is 0.919. The molecule has 0 fully saturated rings. The Kier molecular flexibility index (Phi) is 4.76. The number of carboxylic acid groups (broad SMARTS) is 1. The standard InChI is InChI=1S/C10H16N2O2S2/c1-4-11-10(3,8(13)14)6-16-9-12-7(2)5-15-9/h5,11H,4,6H2,1-3H3,(H,13,14). The van der Waals surface area contributed by atoms with E-state index < -0.39 is 11.5 Å². The van der Waals surface area contributed by atoms with Crippen LogP contribution in [0.5, 0.6) is 0 Å². The fourth-order valence-corrected chi connectivity index (χ4v) is 3.14. The Labute approximate surface area is 103 Å². The fourth-order valence-electron chi connectivity index (χ4n) is 1.18. The summed E-state index contributed by atoms with van der Waals surface area (Å²) in [7, 11) is 0. The third-order valence-electron chi connectivity index (χ3n) is 2.12. The van der Waals surface area contributed by atoms with Gasteiger partial charge in [-0.05, 0) is 20.4 Å². The average molecular weight is 260 g/mol. The monoisotopic (exact) mass is 260 g/mol. The summed E-state index contributed by atoms with van der Waals surface area (Å²) in [5.74, 6) is -0.349. The number of likely N-dealkylation sites (N-methyl/N-ethyl adjacent to an activating group) is 1. The van der Waals surface area contributed by atoms with E-state index in [0.717, 1.165) is 10.0 Å². The van der Waals surface area contributed by atoms with Gasteiger partial charge in [0.1, 0.15) is 9.88 Å². The number of aromatic nitrogens is 1. The molecule has 0 spiro atoms. The van der Waals surface area contributed by atoms with Crippen molar-refractivity contribution in [2.75, 3.05) is 12.3 Å². The second kappa shape index (κ2) is 5.65. The maximum Gasteiger partial charge on any atom is 0.324 e. The number of nitrogens with one attached hydrogen (secondary N) is 1. The molecule has 0 amide bonds. The Bertz CT molecular complexity index is 367. The number of thioether (sulfide) groups is 1. The SMILES string of the molecule is CCNC(C)(CSc1nc(C)cs1)C(=O)O. The zero-order valence-electron chi connectivity index (χ0n) is 9.61. The van der Waals surface area contributed by atoms with Crippen molar-refractivity contribution in [2.45, 2.75) is 30.6 Å². The van der Waals surface area contributed by atoms with E-state index in [9.17, 15) is 4.79 Å². The topological polar surface area (TPSA) is 62.2 Å². The second-order valence-electron chi connectivity index (χ2n) is 3.71. The molecule has 1 aromatic heterocycles. The van der Waals surface area contributed by atoms with Crippen LogP contribution < -0.4 is 5.32 Å². The maximum atomic E-state index is 11.1. The molecule has 0 aliphatic carbocycles. The molecule has 0 aromatic carbocycles. The highest BCUT2D eigenvalue weighted by Gasteiger charge is 2.32. The van der Waals surface area contributed by atoms with E-state index in [-0.39, 0.29) is 0 Å². The minimum atomic E-state index is -0.890. The van der Waals surface area contributed by atoms with E-state index in [4.69, 9.17) is 5.11 Å². The molecule has 0 aliphatic rings. The Morgan fingerprint density at radius 3 is 2.88 bits per heavy atom. The molecule has 90 valence electrons. The van der Waals surface area contributed by atoms with Gasteiger partial charge in [-0.15, -0.1) is 11.3 Å². The average Bonchev–Trinajstić information content (AvgIpc) is 2.61. The lowest BCUT2D eigenvalue weighted by Crippen LogP contribution is -2.51. The van der Waals surface area contributed by atoms with Gasteiger partial charge in [0, 0.05) is 16.8 Å². The van der Waals surface area contributed by atoms with Crippen LogP contribution in [0.3, 0.4) is 0 Å². The van der Waals surface area contributed by atoms with Gasteiger partial charge in [0.25, 0.3) is 0 Å². The lowest BCUT2D eigenvalue weighted by Gasteiger charge is -2.24. The van der Waals surface area contributed by atoms with Gasteiger partial charge in [-0.1, -0.05) is 18.7 Å². The summed E-state index contributed by atoms with van der Waals surface area (Å²) in [6.45, 7) is 6.17. The highest BCUT2D eigenvalue weighted by Crippen LogP contribution is 2.25. The molecule has 1 heterocycles. The number of carbonyl (C=O) groups is 1. The molecule has 16 heavy (non-hydrogen) atoms. The number of carboxylic acids is 1. The van der Waals surface area contributed by atoms with Crippen LogP contribution in [0.15, 0.2) is 9.72 Å². The van der Waals surface area contributed by atoms with Crippen LogP contribution in [-0.2, 0) is 4.79 Å². The van der Waals surface area contributed by atoms with Gasteiger partial charge in [0.15, 0.2) is 0 Å². The molecule has 4 nitrogen and oxygen atoms in total. The zero-order chi connectivity index (χ0) is 12.2. The van der Waals surface area contributed by atoms with Crippen molar-refractivity contribution in [3.05, 3.63) is 11.1 Å². The number of hydrogen-bond donors (Lipinski definition) is 2. The number of hydrogen-bond acceptors (Lipinski definition) is 5. The third-order valence-corrected chi connectivity index (χ3v) is 4.58. The van der Waals surface area contributed by atoms with E-state index in [1.165, 1.54) is 11.8 Å². The highest BCUT2D eigenvalue weighted by atomic mass is 32.2. The smallest absolute Gasteiger partial charge is 0.324 e. The lowest BCUT2D eigenvalue weighted by molar-refractivity contribution is -0.143. The Balaban J connectivity index is 2.60. The molecule has 0 saturated carbocycles. The van der Waals surface area contributed by atoms with Crippen LogP contribution in [0.4, 0.5) is 0 Å². The molecule has 1 rings (SSSR count). The van der Waals surface area contributed by atoms with E-state index in [1.54, 1.807) is 18.3 Å². The van der Waals surface area contributed by atoms with Crippen molar-refractivity contribution in [3.63, 3.8) is 0 Å². The van der Waals surface area contributed by atoms with Gasteiger partial charge in [0.05, 0.1) is 0 Å². The lowest BCUT2D eigenvalue weighted by atomic mass is 10.1. The largest absolute Gasteiger partial charge is 0.480 e. The first-order chi connectivity index (χ1) is 7.48. The third kappa shape index (κ3) is 3.47. The molecule has 0 saturated heterocycles. The number of aliphatic carboxylic acids is 1. The van der Waals surface area contributed by atoms with Crippen LogP contribution in [0.25, 0.3) is 0 Å². The summed E-state index contributed by atoms with van der Waals surface area (Å²) in [5, 5.41) is 14.1. The number of thiazole rings is 1. The van der Waals surface area contributed by atoms with E-state index in [0.29, 0.717) is 12.3 Å². The Morgan fingerprint density at radius 2 is 2.44 bits per heavy atom. The van der Waals surface area contributed by atoms with Crippen LogP contribution in [-0.4, -0.2) is 33.9 Å². The summed E-state index contributed by atoms with van der Waals surface area (Å²) in [6, 6.07) is 0. The normalized spacial score (nSPS) is 14.7. The van der Waals surface area contributed by atoms with Gasteiger partial charge >= 0.3 is 5.97 Å². The molecule has 0 bridgehead atoms. The van der Waals surface area contributed by atoms with Crippen molar-refractivity contribution < 1.29 is 9.90 Å². The molecular weight excluding hydrogens is 244 g/mol. The first kappa shape index (κ1) is 13.5. The van der Waals surface area contributed by atoms with Crippen LogP contribution in [0.2, 0.25) is 0 Å². The summed E-state index contributed by atoms with van der Waals surface area (Å²) in [5.41, 5.74) is 0.0897. The molecule has 2 N–H and O–H groups in total. The van der Waals surface area contributed by atoms with E-state index >= 15 is 0 Å². The summed E-state index contributed by atoms with van der Waals surface area (Å²) in [6.07, 6.45) is 0. The number of rotatable bonds is 6. The van der Waals surface area contributed by atoms with Gasteiger partial charge in [-0.3, -0.25) is 4.79 Å². The Hall–Kier alpha value is -0.590. The van der Waals surface area contributed by atoms with Crippen LogP contribution >= 0.6 is 23.1 Å². The number of aryl methyl sites for hydroxylation is 1. The van der Waals surface area contributed by atoms with Gasteiger partial charge in [0.2, 0.25) is 0 Å². The molecule has 1 atom stereocenters. The van der Waals surface area contributed by atoms with Gasteiger partial charge < -0.3 is 10.4 Å². The molecule has 1 unspecified atom stereocenters. The predicted molar refractivity (Wildman–Crippen MR) is 67.3 cm³/mol. The van der Waals surface area contributed by atoms with Crippen molar-refractivity contribution in [1.82, 2.24) is 10.3 Å². The second-order valence-corrected chi connectivity index (χ2v) is 5.79. The van der Waals surface area contributed by atoms with E-state index in [1.807, 2.05) is 19.2 Å². The van der Waals surface area contributed by atoms with Crippen molar-refractivity contribution in [1.29, 1.82) is 0 Å². The zero-order valence-corrected chi connectivity index (χ0v) is 11.2. The minimum Gasteiger partial charge on any atom is -0.480 e. The van der Waals surface area contributed by atoms with Crippen molar-refractivity contribution in [2.24, 2.45) is 0 Å². The maximum absolute atomic E-state index is 11.1. The summed E-state index contributed by atoms with van der Waals surface area (Å²) >= 11 is 3.03. The molecule has 0 aliphatic heterocycles. The molecule has 0 radical (unpaired) electrons. The van der Waals surface area contributed by atoms with Crippen molar-refractivity contribution in [3.8, 4) is 0 Å². The molecular formula is C10H16N2O2S2. The fraction of sp³-hybridized carbons (Fsp3) is 0.600. The quantitative estimate of drug-likeness (QED) is 0.766. The highest BCUT2D eigenvalue weighted by molar-refractivity contribution is 8.01. The Morgan fingerprint density at radius 1 is 1.75 bits per heavy atom. The minimum absolute atomic E-state index is 0.475. The van der Waals surface area contributed by atoms with Crippen LogP contribution in [0, 0.1) is 6.92 Å². The first-order valence-corrected chi connectivity index (χ1v) is 6.88. The molecule has 1 aromatic rings. The van der Waals surface area contributed by atoms with E-state index in [2.05, 4.69) is 10.3 Å². The molecule has 6 heteroatoms. The van der Waals surface area contributed by atoms with Crippen molar-refractivity contribution >= 4 is 29.1 Å². The number of nitrogens with zero attached hydrogens (tertiary/aromatic N) is 1.